The number of hydrogen-bond acceptors (Lipinski definition) is 3. The first-order chi connectivity index (χ1) is 12.3. The lowest BCUT2D eigenvalue weighted by molar-refractivity contribution is -0.128. The van der Waals surface area contributed by atoms with Crippen molar-refractivity contribution < 1.29 is 14.3 Å². The summed E-state index contributed by atoms with van der Waals surface area (Å²) in [7, 11) is 0. The number of fused-ring (bicyclic) bond motifs is 1. The molecule has 0 saturated heterocycles. The summed E-state index contributed by atoms with van der Waals surface area (Å²) >= 11 is 18.0. The summed E-state index contributed by atoms with van der Waals surface area (Å²) in [6, 6.07) is 8.85. The molecule has 3 rings (SSSR count). The lowest BCUT2D eigenvalue weighted by Gasteiger charge is -2.36. The minimum Gasteiger partial charge on any atom is -0.479 e. The zero-order valence-electron chi connectivity index (χ0n) is 13.9. The fourth-order valence-electron chi connectivity index (χ4n) is 2.72. The molecule has 0 radical (unpaired) electrons. The van der Waals surface area contributed by atoms with Crippen molar-refractivity contribution in [1.29, 1.82) is 0 Å². The van der Waals surface area contributed by atoms with Gasteiger partial charge in [-0.15, -0.1) is 0 Å². The third-order valence-corrected chi connectivity index (χ3v) is 4.64. The number of ether oxygens (including phenoxy) is 1. The smallest absolute Gasteiger partial charge is 0.268 e. The molecule has 1 N–H and O–H groups in total. The van der Waals surface area contributed by atoms with Gasteiger partial charge in [-0.2, -0.15) is 0 Å². The van der Waals surface area contributed by atoms with Crippen LogP contribution < -0.4 is 15.0 Å². The van der Waals surface area contributed by atoms with E-state index in [2.05, 4.69) is 5.32 Å². The number of nitrogens with zero attached hydrogens (tertiary/aromatic N) is 1. The van der Waals surface area contributed by atoms with Crippen molar-refractivity contribution in [3.63, 3.8) is 0 Å². The molecule has 2 aromatic carbocycles. The number of rotatable bonds is 3. The van der Waals surface area contributed by atoms with Gasteiger partial charge in [0.25, 0.3) is 5.91 Å². The van der Waals surface area contributed by atoms with E-state index >= 15 is 0 Å². The number of amides is 2. The maximum Gasteiger partial charge on any atom is 0.268 e. The Kier molecular flexibility index (Phi) is 5.32. The number of hydrogen-bond donors (Lipinski definition) is 1. The van der Waals surface area contributed by atoms with Gasteiger partial charge in [0.2, 0.25) is 5.91 Å². The van der Waals surface area contributed by atoms with Crippen LogP contribution in [0, 0.1) is 0 Å². The van der Waals surface area contributed by atoms with Crippen LogP contribution in [0.2, 0.25) is 15.1 Å². The second-order valence-electron chi connectivity index (χ2n) is 5.90. The number of carbonyl (C=O) groups is 2. The molecule has 0 spiro atoms. The summed E-state index contributed by atoms with van der Waals surface area (Å²) in [5, 5.41) is 3.96. The third kappa shape index (κ3) is 3.75. The van der Waals surface area contributed by atoms with Gasteiger partial charge in [0.15, 0.2) is 6.10 Å². The van der Waals surface area contributed by atoms with E-state index < -0.39 is 18.1 Å². The SMILES string of the molecule is CC1Oc2ccc(Cl)cc2N(C(C)C(=O)Nc2cc(Cl)cc(Cl)c2)C1=O. The van der Waals surface area contributed by atoms with Crippen LogP contribution in [0.5, 0.6) is 5.75 Å². The average molecular weight is 414 g/mol. The molecular formula is C18H15Cl3N2O3. The number of anilines is 2. The Hall–Kier alpha value is -1.95. The molecule has 2 aromatic rings. The fraction of sp³-hybridized carbons (Fsp3) is 0.222. The van der Waals surface area contributed by atoms with E-state index in [1.54, 1.807) is 50.2 Å². The van der Waals surface area contributed by atoms with Gasteiger partial charge in [0.1, 0.15) is 11.8 Å². The molecule has 2 unspecified atom stereocenters. The van der Waals surface area contributed by atoms with E-state index in [-0.39, 0.29) is 5.91 Å². The second kappa shape index (κ2) is 7.35. The van der Waals surface area contributed by atoms with Gasteiger partial charge in [-0.3, -0.25) is 14.5 Å². The van der Waals surface area contributed by atoms with Crippen molar-refractivity contribution in [2.45, 2.75) is 26.0 Å². The molecule has 0 aliphatic carbocycles. The van der Waals surface area contributed by atoms with Gasteiger partial charge < -0.3 is 10.1 Å². The van der Waals surface area contributed by atoms with Crippen LogP contribution in [-0.4, -0.2) is 24.0 Å². The topological polar surface area (TPSA) is 58.6 Å². The molecule has 0 saturated carbocycles. The van der Waals surface area contributed by atoms with Crippen molar-refractivity contribution >= 4 is 58.0 Å². The van der Waals surface area contributed by atoms with Crippen molar-refractivity contribution in [3.8, 4) is 5.75 Å². The van der Waals surface area contributed by atoms with E-state index in [4.69, 9.17) is 39.5 Å². The molecule has 1 heterocycles. The van der Waals surface area contributed by atoms with Crippen LogP contribution >= 0.6 is 34.8 Å². The first-order valence-corrected chi connectivity index (χ1v) is 8.96. The Labute approximate surface area is 165 Å². The van der Waals surface area contributed by atoms with E-state index in [0.717, 1.165) is 0 Å². The molecular weight excluding hydrogens is 399 g/mol. The monoisotopic (exact) mass is 412 g/mol. The molecule has 5 nitrogen and oxygen atoms in total. The standard InChI is InChI=1S/C18H15Cl3N2O3/c1-9(17(24)22-14-6-12(20)5-13(21)7-14)23-15-8-11(19)3-4-16(15)26-10(2)18(23)25/h3-10H,1-2H3,(H,22,24). The highest BCUT2D eigenvalue weighted by molar-refractivity contribution is 6.35. The first kappa shape index (κ1) is 18.8. The molecule has 8 heteroatoms. The fourth-order valence-corrected chi connectivity index (χ4v) is 3.42. The molecule has 0 fully saturated rings. The van der Waals surface area contributed by atoms with Crippen LogP contribution in [0.3, 0.4) is 0 Å². The largest absolute Gasteiger partial charge is 0.479 e. The van der Waals surface area contributed by atoms with E-state index in [0.29, 0.717) is 32.2 Å². The molecule has 0 bridgehead atoms. The summed E-state index contributed by atoms with van der Waals surface area (Å²) in [5.74, 6) is -0.227. The average Bonchev–Trinajstić information content (AvgIpc) is 2.55. The number of nitrogens with one attached hydrogen (secondary N) is 1. The molecule has 26 heavy (non-hydrogen) atoms. The van der Waals surface area contributed by atoms with Crippen LogP contribution in [0.1, 0.15) is 13.8 Å². The lowest BCUT2D eigenvalue weighted by atomic mass is 10.1. The van der Waals surface area contributed by atoms with E-state index in [1.165, 1.54) is 4.90 Å². The molecule has 136 valence electrons. The summed E-state index contributed by atoms with van der Waals surface area (Å²) in [4.78, 5) is 26.7. The molecule has 0 aromatic heterocycles. The number of halogens is 3. The van der Waals surface area contributed by atoms with Gasteiger partial charge in [-0.05, 0) is 50.2 Å². The first-order valence-electron chi connectivity index (χ1n) is 7.82. The Morgan fingerprint density at radius 2 is 1.77 bits per heavy atom. The highest BCUT2D eigenvalue weighted by Gasteiger charge is 2.37. The van der Waals surface area contributed by atoms with Gasteiger partial charge in [-0.25, -0.2) is 0 Å². The zero-order chi connectivity index (χ0) is 19.0. The maximum absolute atomic E-state index is 12.7. The molecule has 1 aliphatic rings. The quantitative estimate of drug-likeness (QED) is 0.787. The molecule has 2 atom stereocenters. The van der Waals surface area contributed by atoms with E-state index in [9.17, 15) is 9.59 Å². The summed E-state index contributed by atoms with van der Waals surface area (Å²) in [6.45, 7) is 3.26. The minimum absolute atomic E-state index is 0.327. The van der Waals surface area contributed by atoms with Gasteiger partial charge >= 0.3 is 0 Å². The van der Waals surface area contributed by atoms with Crippen LogP contribution in [0.4, 0.5) is 11.4 Å². The van der Waals surface area contributed by atoms with Crippen LogP contribution in [0.15, 0.2) is 36.4 Å². The number of carbonyl (C=O) groups excluding carboxylic acids is 2. The Bertz CT molecular complexity index is 868. The molecule has 1 aliphatic heterocycles. The third-order valence-electron chi connectivity index (χ3n) is 3.97. The Morgan fingerprint density at radius 3 is 2.42 bits per heavy atom. The van der Waals surface area contributed by atoms with Crippen molar-refractivity contribution in [2.24, 2.45) is 0 Å². The van der Waals surface area contributed by atoms with Gasteiger partial charge in [0.05, 0.1) is 5.69 Å². The van der Waals surface area contributed by atoms with Crippen LogP contribution in [0.25, 0.3) is 0 Å². The van der Waals surface area contributed by atoms with Gasteiger partial charge in [-0.1, -0.05) is 34.8 Å². The summed E-state index contributed by atoms with van der Waals surface area (Å²) in [5.41, 5.74) is 0.895. The van der Waals surface area contributed by atoms with Crippen molar-refractivity contribution in [1.82, 2.24) is 0 Å². The maximum atomic E-state index is 12.7. The normalized spacial score (nSPS) is 17.3. The lowest BCUT2D eigenvalue weighted by Crippen LogP contribution is -2.52. The predicted molar refractivity (Wildman–Crippen MR) is 104 cm³/mol. The minimum atomic E-state index is -0.802. The van der Waals surface area contributed by atoms with E-state index in [1.807, 2.05) is 0 Å². The predicted octanol–water partition coefficient (Wildman–Crippen LogP) is 4.79. The highest BCUT2D eigenvalue weighted by Crippen LogP contribution is 2.37. The van der Waals surface area contributed by atoms with Crippen molar-refractivity contribution in [3.05, 3.63) is 51.5 Å². The highest BCUT2D eigenvalue weighted by atomic mass is 35.5. The Morgan fingerprint density at radius 1 is 1.12 bits per heavy atom. The Balaban J connectivity index is 1.90. The molecule has 2 amide bonds. The second-order valence-corrected chi connectivity index (χ2v) is 7.21. The number of benzene rings is 2. The van der Waals surface area contributed by atoms with Gasteiger partial charge in [0, 0.05) is 20.8 Å². The van der Waals surface area contributed by atoms with Crippen LogP contribution in [-0.2, 0) is 9.59 Å². The van der Waals surface area contributed by atoms with Crippen molar-refractivity contribution in [2.75, 3.05) is 10.2 Å². The zero-order valence-corrected chi connectivity index (χ0v) is 16.2. The summed E-state index contributed by atoms with van der Waals surface area (Å²) < 4.78 is 5.59. The summed E-state index contributed by atoms with van der Waals surface area (Å²) in [6.07, 6.45) is -0.709.